The van der Waals surface area contributed by atoms with Crippen molar-refractivity contribution in [3.8, 4) is 0 Å². The molecule has 12 heavy (non-hydrogen) atoms. The van der Waals surface area contributed by atoms with Gasteiger partial charge in [-0.25, -0.2) is 0 Å². The zero-order valence-corrected chi connectivity index (χ0v) is 8.66. The van der Waals surface area contributed by atoms with Crippen LogP contribution in [0.2, 0.25) is 0 Å². The van der Waals surface area contributed by atoms with Crippen molar-refractivity contribution in [1.29, 1.82) is 0 Å². The minimum absolute atomic E-state index is 0.711. The summed E-state index contributed by atoms with van der Waals surface area (Å²) in [4.78, 5) is 4.44. The largest absolute Gasteiger partial charge is 0.271 e. The first-order valence-electron chi connectivity index (χ1n) is 4.46. The Balaban J connectivity index is 1.85. The van der Waals surface area contributed by atoms with Crippen LogP contribution in [0.3, 0.4) is 0 Å². The number of aliphatic imine (C=N–C) groups is 1. The third-order valence-electron chi connectivity index (χ3n) is 2.02. The van der Waals surface area contributed by atoms with Gasteiger partial charge < -0.3 is 0 Å². The van der Waals surface area contributed by atoms with Gasteiger partial charge >= 0.3 is 0 Å². The van der Waals surface area contributed by atoms with Crippen LogP contribution in [0, 0.1) is 0 Å². The van der Waals surface area contributed by atoms with Crippen LogP contribution in [0.25, 0.3) is 0 Å². The third kappa shape index (κ3) is 2.30. The average molecular weight is 199 g/mol. The van der Waals surface area contributed by atoms with Gasteiger partial charge in [-0.3, -0.25) is 4.99 Å². The maximum absolute atomic E-state index is 4.44. The van der Waals surface area contributed by atoms with E-state index in [-0.39, 0.29) is 0 Å². The highest BCUT2D eigenvalue weighted by Gasteiger charge is 2.14. The Morgan fingerprint density at radius 2 is 2.58 bits per heavy atom. The Bertz CT molecular complexity index is 211. The number of rotatable bonds is 1. The summed E-state index contributed by atoms with van der Waals surface area (Å²) in [6.45, 7) is 1.03. The second-order valence-corrected chi connectivity index (χ2v) is 5.58. The van der Waals surface area contributed by atoms with Crippen molar-refractivity contribution in [1.82, 2.24) is 0 Å². The van der Waals surface area contributed by atoms with Gasteiger partial charge in [-0.1, -0.05) is 35.7 Å². The van der Waals surface area contributed by atoms with Crippen molar-refractivity contribution in [2.45, 2.75) is 24.5 Å². The lowest BCUT2D eigenvalue weighted by molar-refractivity contribution is 0.743. The molecule has 66 valence electrons. The average Bonchev–Trinajstić information content (AvgIpc) is 2.59. The lowest BCUT2D eigenvalue weighted by Crippen LogP contribution is -2.04. The quantitative estimate of drug-likeness (QED) is 0.602. The van der Waals surface area contributed by atoms with E-state index in [4.69, 9.17) is 0 Å². The fourth-order valence-corrected chi connectivity index (χ4v) is 3.73. The van der Waals surface area contributed by atoms with E-state index in [1.54, 1.807) is 0 Å². The second kappa shape index (κ2) is 4.38. The highest BCUT2D eigenvalue weighted by molar-refractivity contribution is 8.39. The minimum atomic E-state index is 0.711. The van der Waals surface area contributed by atoms with Gasteiger partial charge in [-0.2, -0.15) is 0 Å². The molecule has 0 amide bonds. The molecule has 0 N–H and O–H groups in total. The van der Waals surface area contributed by atoms with Gasteiger partial charge in [0.25, 0.3) is 0 Å². The Morgan fingerprint density at radius 1 is 1.58 bits per heavy atom. The van der Waals surface area contributed by atoms with Crippen molar-refractivity contribution in [3.63, 3.8) is 0 Å². The molecule has 1 heterocycles. The molecule has 0 saturated heterocycles. The molecular weight excluding hydrogens is 186 g/mol. The SMILES string of the molecule is C1=CC(SC2=NCCS2)CCC1. The van der Waals surface area contributed by atoms with Gasteiger partial charge in [-0.05, 0) is 19.3 Å². The molecule has 1 nitrogen and oxygen atoms in total. The van der Waals surface area contributed by atoms with Gasteiger partial charge in [-0.15, -0.1) is 0 Å². The fraction of sp³-hybridized carbons (Fsp3) is 0.667. The number of allylic oxidation sites excluding steroid dienone is 1. The molecule has 2 aliphatic rings. The lowest BCUT2D eigenvalue weighted by Gasteiger charge is -2.14. The molecule has 0 aromatic rings. The van der Waals surface area contributed by atoms with Crippen molar-refractivity contribution < 1.29 is 0 Å². The standard InChI is InChI=1S/C9H13NS2/c1-2-4-8(5-3-1)12-9-10-6-7-11-9/h2,4,8H,1,3,5-7H2. The van der Waals surface area contributed by atoms with E-state index in [2.05, 4.69) is 17.1 Å². The van der Waals surface area contributed by atoms with Crippen LogP contribution in [0.1, 0.15) is 19.3 Å². The van der Waals surface area contributed by atoms with Crippen LogP contribution in [-0.2, 0) is 0 Å². The van der Waals surface area contributed by atoms with E-state index in [0.29, 0.717) is 5.25 Å². The van der Waals surface area contributed by atoms with E-state index in [0.717, 1.165) is 6.54 Å². The van der Waals surface area contributed by atoms with E-state index in [9.17, 15) is 0 Å². The molecule has 1 atom stereocenters. The maximum Gasteiger partial charge on any atom is 0.125 e. The summed E-state index contributed by atoms with van der Waals surface area (Å²) >= 11 is 3.87. The number of thioether (sulfide) groups is 2. The summed E-state index contributed by atoms with van der Waals surface area (Å²) in [5, 5.41) is 0.711. The van der Waals surface area contributed by atoms with Gasteiger partial charge in [0.15, 0.2) is 0 Å². The maximum atomic E-state index is 4.44. The summed E-state index contributed by atoms with van der Waals surface area (Å²) in [6, 6.07) is 0. The number of hydrogen-bond acceptors (Lipinski definition) is 3. The van der Waals surface area contributed by atoms with Gasteiger partial charge in [0, 0.05) is 11.0 Å². The summed E-state index contributed by atoms with van der Waals surface area (Å²) in [5.41, 5.74) is 0. The van der Waals surface area contributed by atoms with Crippen molar-refractivity contribution in [2.24, 2.45) is 4.99 Å². The zero-order chi connectivity index (χ0) is 8.23. The predicted octanol–water partition coefficient (Wildman–Crippen LogP) is 2.93. The first-order valence-corrected chi connectivity index (χ1v) is 6.32. The highest BCUT2D eigenvalue weighted by atomic mass is 32.2. The Morgan fingerprint density at radius 3 is 3.25 bits per heavy atom. The fourth-order valence-electron chi connectivity index (χ4n) is 1.40. The topological polar surface area (TPSA) is 12.4 Å². The molecule has 0 radical (unpaired) electrons. The molecule has 0 fully saturated rings. The molecule has 3 heteroatoms. The predicted molar refractivity (Wildman–Crippen MR) is 59.1 cm³/mol. The summed E-state index contributed by atoms with van der Waals surface area (Å²) in [5.74, 6) is 1.19. The van der Waals surface area contributed by atoms with Crippen molar-refractivity contribution in [2.75, 3.05) is 12.3 Å². The molecule has 1 aliphatic carbocycles. The van der Waals surface area contributed by atoms with Crippen LogP contribution in [-0.4, -0.2) is 21.9 Å². The summed E-state index contributed by atoms with van der Waals surface area (Å²) in [7, 11) is 0. The van der Waals surface area contributed by atoms with Crippen LogP contribution >= 0.6 is 23.5 Å². The molecule has 2 rings (SSSR count). The molecule has 0 spiro atoms. The van der Waals surface area contributed by atoms with E-state index in [1.165, 1.54) is 29.4 Å². The zero-order valence-electron chi connectivity index (χ0n) is 7.03. The first kappa shape index (κ1) is 8.70. The third-order valence-corrected chi connectivity index (χ3v) is 4.45. The molecule has 1 unspecified atom stereocenters. The Labute approximate surface area is 82.1 Å². The number of nitrogens with zero attached hydrogens (tertiary/aromatic N) is 1. The monoisotopic (exact) mass is 199 g/mol. The van der Waals surface area contributed by atoms with Gasteiger partial charge in [0.2, 0.25) is 0 Å². The van der Waals surface area contributed by atoms with Crippen molar-refractivity contribution >= 4 is 27.9 Å². The summed E-state index contributed by atoms with van der Waals surface area (Å²) < 4.78 is 1.31. The van der Waals surface area contributed by atoms with Crippen LogP contribution < -0.4 is 0 Å². The molecule has 0 aromatic heterocycles. The normalized spacial score (nSPS) is 29.0. The molecule has 0 aromatic carbocycles. The van der Waals surface area contributed by atoms with Crippen molar-refractivity contribution in [3.05, 3.63) is 12.2 Å². The minimum Gasteiger partial charge on any atom is -0.271 e. The molecule has 0 bridgehead atoms. The van der Waals surface area contributed by atoms with E-state index in [1.807, 2.05) is 23.5 Å². The molecule has 1 aliphatic heterocycles. The van der Waals surface area contributed by atoms with Crippen LogP contribution in [0.4, 0.5) is 0 Å². The van der Waals surface area contributed by atoms with E-state index < -0.39 is 0 Å². The smallest absolute Gasteiger partial charge is 0.125 e. The summed E-state index contributed by atoms with van der Waals surface area (Å²) in [6.07, 6.45) is 8.61. The van der Waals surface area contributed by atoms with Crippen LogP contribution in [0.5, 0.6) is 0 Å². The van der Waals surface area contributed by atoms with Gasteiger partial charge in [0.1, 0.15) is 4.38 Å². The Hall–Kier alpha value is 0.110. The second-order valence-electron chi connectivity index (χ2n) is 3.01. The number of hydrogen-bond donors (Lipinski definition) is 0. The van der Waals surface area contributed by atoms with E-state index >= 15 is 0 Å². The first-order chi connectivity index (χ1) is 5.95. The molecule has 0 saturated carbocycles. The Kier molecular flexibility index (Phi) is 3.17. The van der Waals surface area contributed by atoms with Crippen LogP contribution in [0.15, 0.2) is 17.1 Å². The van der Waals surface area contributed by atoms with Gasteiger partial charge in [0.05, 0.1) is 6.54 Å². The lowest BCUT2D eigenvalue weighted by atomic mass is 10.1. The highest BCUT2D eigenvalue weighted by Crippen LogP contribution is 2.30. The molecular formula is C9H13NS2.